The van der Waals surface area contributed by atoms with Crippen LogP contribution in [0.5, 0.6) is 0 Å². The third-order valence-electron chi connectivity index (χ3n) is 1.36. The van der Waals surface area contributed by atoms with Crippen LogP contribution < -0.4 is 11.0 Å². The molecule has 0 bridgehead atoms. The second kappa shape index (κ2) is 7.77. The first kappa shape index (κ1) is 14.5. The van der Waals surface area contributed by atoms with Gasteiger partial charge in [-0.15, -0.1) is 0 Å². The van der Waals surface area contributed by atoms with E-state index in [1.165, 1.54) is 0 Å². The molecule has 0 spiro atoms. The molecule has 9 heteroatoms. The molecule has 0 rings (SSSR count). The summed E-state index contributed by atoms with van der Waals surface area (Å²) in [5.41, 5.74) is 4.21. The fraction of sp³-hybridized carbons (Fsp3) is 0.667. The SMILES string of the molecule is O=C(O)[C@H](CS)NON[C@@H](CS)C(=O)O. The number of thiol groups is 2. The summed E-state index contributed by atoms with van der Waals surface area (Å²) in [5.74, 6) is -2.28. The molecule has 88 valence electrons. The van der Waals surface area contributed by atoms with Crippen molar-refractivity contribution in [3.63, 3.8) is 0 Å². The summed E-state index contributed by atoms with van der Waals surface area (Å²) in [6.07, 6.45) is 0. The molecule has 2 atom stereocenters. The van der Waals surface area contributed by atoms with Crippen molar-refractivity contribution in [3.05, 3.63) is 0 Å². The van der Waals surface area contributed by atoms with E-state index in [9.17, 15) is 9.59 Å². The van der Waals surface area contributed by atoms with Gasteiger partial charge in [0.05, 0.1) is 0 Å². The van der Waals surface area contributed by atoms with Gasteiger partial charge in [-0.25, -0.2) is 4.94 Å². The summed E-state index contributed by atoms with van der Waals surface area (Å²) >= 11 is 7.52. The third kappa shape index (κ3) is 5.85. The van der Waals surface area contributed by atoms with Gasteiger partial charge in [0.25, 0.3) is 0 Å². The molecule has 0 aliphatic heterocycles. The standard InChI is InChI=1S/C6H12N2O5S2/c9-5(10)3(1-14)7-13-8-4(2-15)6(11)12/h3-4,7-8,14-15H,1-2H2,(H,9,10)(H,11,12)/t3-,4-/m0/s1. The molecule has 0 saturated heterocycles. The first-order valence-corrected chi connectivity index (χ1v) is 5.13. The number of carbonyl (C=O) groups is 2. The van der Waals surface area contributed by atoms with Gasteiger partial charge in [-0.2, -0.15) is 36.2 Å². The van der Waals surface area contributed by atoms with Crippen LogP contribution in [0.3, 0.4) is 0 Å². The van der Waals surface area contributed by atoms with Crippen LogP contribution in [0.4, 0.5) is 0 Å². The van der Waals surface area contributed by atoms with Gasteiger partial charge in [0, 0.05) is 11.5 Å². The second-order valence-corrected chi connectivity index (χ2v) is 3.21. The maximum absolute atomic E-state index is 10.5. The van der Waals surface area contributed by atoms with Crippen molar-refractivity contribution in [1.29, 1.82) is 0 Å². The van der Waals surface area contributed by atoms with Crippen molar-refractivity contribution in [2.24, 2.45) is 0 Å². The van der Waals surface area contributed by atoms with Gasteiger partial charge in [-0.3, -0.25) is 9.59 Å². The largest absolute Gasteiger partial charge is 0.480 e. The van der Waals surface area contributed by atoms with E-state index in [4.69, 9.17) is 10.2 Å². The summed E-state index contributed by atoms with van der Waals surface area (Å²) in [4.78, 5) is 25.4. The minimum absolute atomic E-state index is 0.00955. The fourth-order valence-corrected chi connectivity index (χ4v) is 0.969. The Morgan fingerprint density at radius 3 is 1.60 bits per heavy atom. The minimum atomic E-state index is -1.15. The lowest BCUT2D eigenvalue weighted by molar-refractivity contribution is -0.152. The first-order chi connectivity index (χ1) is 7.02. The van der Waals surface area contributed by atoms with E-state index in [-0.39, 0.29) is 11.5 Å². The van der Waals surface area contributed by atoms with Crippen LogP contribution in [0.15, 0.2) is 0 Å². The molecule has 0 aliphatic carbocycles. The number of rotatable bonds is 8. The number of aliphatic carboxylic acids is 2. The number of nitrogens with one attached hydrogen (secondary N) is 2. The van der Waals surface area contributed by atoms with Gasteiger partial charge in [-0.05, 0) is 0 Å². The predicted molar refractivity (Wildman–Crippen MR) is 57.9 cm³/mol. The molecule has 0 radical (unpaired) electrons. The van der Waals surface area contributed by atoms with Crippen molar-refractivity contribution in [2.45, 2.75) is 12.1 Å². The van der Waals surface area contributed by atoms with Crippen molar-refractivity contribution >= 4 is 37.2 Å². The molecule has 0 heterocycles. The topological polar surface area (TPSA) is 108 Å². The van der Waals surface area contributed by atoms with Gasteiger partial charge >= 0.3 is 11.9 Å². The number of carboxylic acids is 2. The maximum atomic E-state index is 10.5. The van der Waals surface area contributed by atoms with E-state index in [0.29, 0.717) is 0 Å². The van der Waals surface area contributed by atoms with E-state index < -0.39 is 24.0 Å². The Morgan fingerprint density at radius 1 is 1.07 bits per heavy atom. The molecule has 15 heavy (non-hydrogen) atoms. The maximum Gasteiger partial charge on any atom is 0.323 e. The zero-order valence-electron chi connectivity index (χ0n) is 7.58. The first-order valence-electron chi connectivity index (χ1n) is 3.87. The Hall–Kier alpha value is -0.480. The Labute approximate surface area is 96.9 Å². The van der Waals surface area contributed by atoms with Crippen LogP contribution in [-0.2, 0) is 14.5 Å². The van der Waals surface area contributed by atoms with Crippen LogP contribution in [0.1, 0.15) is 0 Å². The smallest absolute Gasteiger partial charge is 0.323 e. The molecule has 4 N–H and O–H groups in total. The van der Waals surface area contributed by atoms with Crippen LogP contribution in [0.2, 0.25) is 0 Å². The van der Waals surface area contributed by atoms with Crippen molar-refractivity contribution in [2.75, 3.05) is 11.5 Å². The highest BCUT2D eigenvalue weighted by molar-refractivity contribution is 7.80. The molecule has 0 unspecified atom stereocenters. The number of hydroxylamine groups is 2. The van der Waals surface area contributed by atoms with E-state index in [1.807, 2.05) is 0 Å². The lowest BCUT2D eigenvalue weighted by atomic mass is 10.4. The summed E-state index contributed by atoms with van der Waals surface area (Å²) in [7, 11) is 0. The predicted octanol–water partition coefficient (Wildman–Crippen LogP) is -1.22. The Bertz CT molecular complexity index is 206. The number of hydrogen-bond donors (Lipinski definition) is 6. The van der Waals surface area contributed by atoms with Crippen LogP contribution in [0.25, 0.3) is 0 Å². The fourth-order valence-electron chi connectivity index (χ4n) is 0.508. The van der Waals surface area contributed by atoms with Crippen LogP contribution in [0, 0.1) is 0 Å². The average Bonchev–Trinajstić information content (AvgIpc) is 2.17. The highest BCUT2D eigenvalue weighted by atomic mass is 32.1. The minimum Gasteiger partial charge on any atom is -0.480 e. The summed E-state index contributed by atoms with van der Waals surface area (Å²) in [6.45, 7) is 0. The van der Waals surface area contributed by atoms with Gasteiger partial charge in [0.1, 0.15) is 12.1 Å². The Kier molecular flexibility index (Phi) is 7.52. The average molecular weight is 256 g/mol. The van der Waals surface area contributed by atoms with Gasteiger partial charge in [-0.1, -0.05) is 0 Å². The van der Waals surface area contributed by atoms with Gasteiger partial charge < -0.3 is 10.2 Å². The number of hydrogen-bond acceptors (Lipinski definition) is 7. The number of carboxylic acid groups (broad SMARTS) is 2. The second-order valence-electron chi connectivity index (χ2n) is 2.48. The monoisotopic (exact) mass is 256 g/mol. The molecular formula is C6H12N2O5S2. The highest BCUT2D eigenvalue weighted by Crippen LogP contribution is 1.90. The van der Waals surface area contributed by atoms with Crippen molar-refractivity contribution in [3.8, 4) is 0 Å². The van der Waals surface area contributed by atoms with E-state index in [2.05, 4.69) is 41.2 Å². The molecule has 0 aromatic carbocycles. The molecule has 0 amide bonds. The summed E-state index contributed by atoms with van der Waals surface area (Å²) in [5, 5.41) is 17.1. The lowest BCUT2D eigenvalue weighted by Gasteiger charge is -2.14. The zero-order chi connectivity index (χ0) is 11.8. The Balaban J connectivity index is 3.85. The Morgan fingerprint density at radius 2 is 1.40 bits per heavy atom. The van der Waals surface area contributed by atoms with E-state index in [0.717, 1.165) is 0 Å². The van der Waals surface area contributed by atoms with Crippen LogP contribution >= 0.6 is 25.3 Å². The summed E-state index contributed by atoms with van der Waals surface area (Å²) in [6, 6.07) is -2.04. The molecule has 0 aromatic rings. The van der Waals surface area contributed by atoms with E-state index >= 15 is 0 Å². The quantitative estimate of drug-likeness (QED) is 0.239. The zero-order valence-corrected chi connectivity index (χ0v) is 9.37. The van der Waals surface area contributed by atoms with Crippen LogP contribution in [-0.4, -0.2) is 45.7 Å². The van der Waals surface area contributed by atoms with Crippen molar-refractivity contribution < 1.29 is 24.7 Å². The van der Waals surface area contributed by atoms with Gasteiger partial charge in [0.15, 0.2) is 0 Å². The molecule has 7 nitrogen and oxygen atoms in total. The van der Waals surface area contributed by atoms with Gasteiger partial charge in [0.2, 0.25) is 0 Å². The molecular weight excluding hydrogens is 244 g/mol. The van der Waals surface area contributed by atoms with Crippen molar-refractivity contribution in [1.82, 2.24) is 11.0 Å². The molecule has 0 fully saturated rings. The molecule has 0 saturated carbocycles. The normalized spacial score (nSPS) is 14.5. The van der Waals surface area contributed by atoms with E-state index in [1.54, 1.807) is 0 Å². The molecule has 0 aliphatic rings. The molecule has 0 aromatic heterocycles. The lowest BCUT2D eigenvalue weighted by Crippen LogP contribution is -2.46. The third-order valence-corrected chi connectivity index (χ3v) is 2.09. The summed E-state index contributed by atoms with van der Waals surface area (Å²) < 4.78 is 0. The highest BCUT2D eigenvalue weighted by Gasteiger charge is 2.18.